The standard InChI is InChI=1S/C13H21N5O2/c1-3-4-11-16-13(20-17-11)10-18-7-5-15-12(18)9-14-6-8-19-2/h5,7,14H,3-4,6,8-10H2,1-2H3. The molecule has 0 aliphatic heterocycles. The molecule has 2 heterocycles. The minimum Gasteiger partial charge on any atom is -0.383 e. The molecule has 7 heteroatoms. The van der Waals surface area contributed by atoms with Crippen LogP contribution in [0.4, 0.5) is 0 Å². The predicted octanol–water partition coefficient (Wildman–Crippen LogP) is 1.00. The monoisotopic (exact) mass is 279 g/mol. The molecule has 2 rings (SSSR count). The van der Waals surface area contributed by atoms with E-state index in [9.17, 15) is 0 Å². The van der Waals surface area contributed by atoms with Crippen LogP contribution in [-0.4, -0.2) is 40.0 Å². The molecular formula is C13H21N5O2. The summed E-state index contributed by atoms with van der Waals surface area (Å²) in [5, 5.41) is 7.22. The van der Waals surface area contributed by atoms with Gasteiger partial charge in [0.1, 0.15) is 12.4 Å². The SMILES string of the molecule is CCCc1noc(Cn2ccnc2CNCCOC)n1. The molecule has 0 unspecified atom stereocenters. The largest absolute Gasteiger partial charge is 0.383 e. The van der Waals surface area contributed by atoms with Crippen LogP contribution in [0.3, 0.4) is 0 Å². The van der Waals surface area contributed by atoms with Gasteiger partial charge in [0.2, 0.25) is 5.89 Å². The van der Waals surface area contributed by atoms with Gasteiger partial charge in [0, 0.05) is 32.5 Å². The third kappa shape index (κ3) is 4.14. The van der Waals surface area contributed by atoms with Crippen molar-refractivity contribution >= 4 is 0 Å². The molecule has 0 radical (unpaired) electrons. The summed E-state index contributed by atoms with van der Waals surface area (Å²) in [5.74, 6) is 2.32. The molecule has 0 aliphatic rings. The number of rotatable bonds is 9. The Bertz CT molecular complexity index is 508. The highest BCUT2D eigenvalue weighted by molar-refractivity contribution is 4.96. The third-order valence-corrected chi connectivity index (χ3v) is 2.86. The maximum absolute atomic E-state index is 5.24. The molecule has 7 nitrogen and oxygen atoms in total. The summed E-state index contributed by atoms with van der Waals surface area (Å²) >= 11 is 0. The predicted molar refractivity (Wildman–Crippen MR) is 73.2 cm³/mol. The van der Waals surface area contributed by atoms with E-state index >= 15 is 0 Å². The summed E-state index contributed by atoms with van der Waals surface area (Å²) in [6.07, 6.45) is 5.55. The first kappa shape index (κ1) is 14.7. The molecule has 0 aromatic carbocycles. The maximum Gasteiger partial charge on any atom is 0.246 e. The number of hydrogen-bond donors (Lipinski definition) is 1. The fourth-order valence-corrected chi connectivity index (χ4v) is 1.85. The van der Waals surface area contributed by atoms with Crippen LogP contribution in [0.1, 0.15) is 30.9 Å². The van der Waals surface area contributed by atoms with Gasteiger partial charge >= 0.3 is 0 Å². The van der Waals surface area contributed by atoms with Gasteiger partial charge < -0.3 is 19.1 Å². The molecule has 20 heavy (non-hydrogen) atoms. The zero-order chi connectivity index (χ0) is 14.2. The summed E-state index contributed by atoms with van der Waals surface area (Å²) in [4.78, 5) is 8.68. The van der Waals surface area contributed by atoms with Gasteiger partial charge in [-0.05, 0) is 6.42 Å². The highest BCUT2D eigenvalue weighted by Crippen LogP contribution is 2.05. The minimum absolute atomic E-state index is 0.554. The number of aryl methyl sites for hydroxylation is 1. The van der Waals surface area contributed by atoms with Crippen molar-refractivity contribution in [1.82, 2.24) is 25.0 Å². The minimum atomic E-state index is 0.554. The zero-order valence-corrected chi connectivity index (χ0v) is 12.0. The number of methoxy groups -OCH3 is 1. The van der Waals surface area contributed by atoms with Crippen molar-refractivity contribution in [3.8, 4) is 0 Å². The van der Waals surface area contributed by atoms with Crippen molar-refractivity contribution in [1.29, 1.82) is 0 Å². The van der Waals surface area contributed by atoms with Gasteiger partial charge in [-0.2, -0.15) is 4.98 Å². The van der Waals surface area contributed by atoms with Gasteiger partial charge in [-0.1, -0.05) is 12.1 Å². The lowest BCUT2D eigenvalue weighted by Gasteiger charge is -2.06. The van der Waals surface area contributed by atoms with Crippen LogP contribution in [0.25, 0.3) is 0 Å². The van der Waals surface area contributed by atoms with Crippen molar-refractivity contribution in [3.63, 3.8) is 0 Å². The third-order valence-electron chi connectivity index (χ3n) is 2.86. The Hall–Kier alpha value is -1.73. The normalized spacial score (nSPS) is 11.1. The van der Waals surface area contributed by atoms with Crippen LogP contribution in [0.2, 0.25) is 0 Å². The summed E-state index contributed by atoms with van der Waals surface area (Å²) in [6, 6.07) is 0. The molecule has 110 valence electrons. The van der Waals surface area contributed by atoms with Gasteiger partial charge in [-0.3, -0.25) is 0 Å². The van der Waals surface area contributed by atoms with E-state index in [1.54, 1.807) is 13.3 Å². The number of imidazole rings is 1. The van der Waals surface area contributed by atoms with E-state index in [-0.39, 0.29) is 0 Å². The van der Waals surface area contributed by atoms with Crippen LogP contribution in [0.15, 0.2) is 16.9 Å². The van der Waals surface area contributed by atoms with Crippen LogP contribution >= 0.6 is 0 Å². The number of ether oxygens (including phenoxy) is 1. The van der Waals surface area contributed by atoms with E-state index in [0.717, 1.165) is 31.0 Å². The van der Waals surface area contributed by atoms with Crippen molar-refractivity contribution < 1.29 is 9.26 Å². The zero-order valence-electron chi connectivity index (χ0n) is 12.0. The molecule has 0 saturated carbocycles. The van der Waals surface area contributed by atoms with E-state index in [1.165, 1.54) is 0 Å². The second-order valence-electron chi connectivity index (χ2n) is 4.50. The van der Waals surface area contributed by atoms with E-state index < -0.39 is 0 Å². The Morgan fingerprint density at radius 2 is 2.35 bits per heavy atom. The van der Waals surface area contributed by atoms with Crippen LogP contribution in [0, 0.1) is 0 Å². The lowest BCUT2D eigenvalue weighted by molar-refractivity contribution is 0.199. The number of nitrogens with zero attached hydrogens (tertiary/aromatic N) is 4. The molecule has 0 atom stereocenters. The van der Waals surface area contributed by atoms with E-state index in [4.69, 9.17) is 9.26 Å². The number of hydrogen-bond acceptors (Lipinski definition) is 6. The van der Waals surface area contributed by atoms with Gasteiger partial charge in [-0.15, -0.1) is 0 Å². The van der Waals surface area contributed by atoms with E-state index in [0.29, 0.717) is 25.6 Å². The number of nitrogens with one attached hydrogen (secondary N) is 1. The Kier molecular flexibility index (Phi) is 5.69. The van der Waals surface area contributed by atoms with Crippen LogP contribution in [0.5, 0.6) is 0 Å². The second kappa shape index (κ2) is 7.76. The molecule has 0 saturated heterocycles. The smallest absolute Gasteiger partial charge is 0.246 e. The summed E-state index contributed by atoms with van der Waals surface area (Å²) in [5.41, 5.74) is 0. The first-order valence-corrected chi connectivity index (χ1v) is 6.84. The quantitative estimate of drug-likeness (QED) is 0.690. The fraction of sp³-hybridized carbons (Fsp3) is 0.615. The Balaban J connectivity index is 1.90. The molecule has 0 aliphatic carbocycles. The van der Waals surface area contributed by atoms with E-state index in [1.807, 2.05) is 10.8 Å². The summed E-state index contributed by atoms with van der Waals surface area (Å²) in [7, 11) is 1.69. The van der Waals surface area contributed by atoms with Gasteiger partial charge in [0.05, 0.1) is 13.2 Å². The van der Waals surface area contributed by atoms with Crippen molar-refractivity contribution in [3.05, 3.63) is 29.9 Å². The average molecular weight is 279 g/mol. The first-order valence-electron chi connectivity index (χ1n) is 6.84. The van der Waals surface area contributed by atoms with Crippen molar-refractivity contribution in [2.45, 2.75) is 32.9 Å². The molecule has 1 N–H and O–H groups in total. The lowest BCUT2D eigenvalue weighted by atomic mass is 10.3. The molecule has 0 fully saturated rings. The molecule has 2 aromatic rings. The van der Waals surface area contributed by atoms with Crippen molar-refractivity contribution in [2.75, 3.05) is 20.3 Å². The van der Waals surface area contributed by atoms with Gasteiger partial charge in [0.25, 0.3) is 0 Å². The van der Waals surface area contributed by atoms with Gasteiger partial charge in [-0.25, -0.2) is 4.98 Å². The Morgan fingerprint density at radius 3 is 3.15 bits per heavy atom. The molecule has 0 amide bonds. The second-order valence-corrected chi connectivity index (χ2v) is 4.50. The highest BCUT2D eigenvalue weighted by Gasteiger charge is 2.09. The highest BCUT2D eigenvalue weighted by atomic mass is 16.5. The number of aromatic nitrogens is 4. The molecular weight excluding hydrogens is 258 g/mol. The average Bonchev–Trinajstić information content (AvgIpc) is 3.06. The Labute approximate surface area is 118 Å². The van der Waals surface area contributed by atoms with E-state index in [2.05, 4.69) is 27.4 Å². The van der Waals surface area contributed by atoms with Crippen molar-refractivity contribution in [2.24, 2.45) is 0 Å². The Morgan fingerprint density at radius 1 is 1.45 bits per heavy atom. The molecule has 2 aromatic heterocycles. The topological polar surface area (TPSA) is 78.0 Å². The van der Waals surface area contributed by atoms with Gasteiger partial charge in [0.15, 0.2) is 5.82 Å². The molecule has 0 bridgehead atoms. The molecule has 0 spiro atoms. The maximum atomic E-state index is 5.24. The lowest BCUT2D eigenvalue weighted by Crippen LogP contribution is -2.21. The summed E-state index contributed by atoms with van der Waals surface area (Å²) in [6.45, 7) is 4.81. The van der Waals surface area contributed by atoms with Crippen LogP contribution < -0.4 is 5.32 Å². The fourth-order valence-electron chi connectivity index (χ4n) is 1.85. The summed E-state index contributed by atoms with van der Waals surface area (Å²) < 4.78 is 12.2. The van der Waals surface area contributed by atoms with Crippen LogP contribution in [-0.2, 0) is 24.2 Å². The first-order chi connectivity index (χ1) is 9.83.